The molecule has 0 saturated carbocycles. The summed E-state index contributed by atoms with van der Waals surface area (Å²) in [6.07, 6.45) is -2.24. The minimum Gasteiger partial charge on any atom is -0.444 e. The summed E-state index contributed by atoms with van der Waals surface area (Å²) in [6, 6.07) is 4.11. The quantitative estimate of drug-likeness (QED) is 0.571. The van der Waals surface area contributed by atoms with E-state index >= 15 is 0 Å². The summed E-state index contributed by atoms with van der Waals surface area (Å²) in [5, 5.41) is 2.45. The van der Waals surface area contributed by atoms with Crippen molar-refractivity contribution >= 4 is 18.1 Å². The van der Waals surface area contributed by atoms with Crippen molar-refractivity contribution < 1.29 is 26.9 Å². The second-order valence-corrected chi connectivity index (χ2v) is 7.80. The fourth-order valence-electron chi connectivity index (χ4n) is 2.57. The molecule has 0 heterocycles. The fourth-order valence-corrected chi connectivity index (χ4v) is 2.90. The average molecular weight is 407 g/mol. The molecule has 1 N–H and O–H groups in total. The predicted molar refractivity (Wildman–Crippen MR) is 101 cm³/mol. The number of carbonyl (C=O) groups is 1. The molecule has 0 aliphatic rings. The number of nitrogens with one attached hydrogen (secondary N) is 1. The summed E-state index contributed by atoms with van der Waals surface area (Å²) in [4.78, 5) is 11.9. The largest absolute Gasteiger partial charge is 0.444 e. The highest BCUT2D eigenvalue weighted by Crippen LogP contribution is 2.34. The number of alkyl carbamates (subject to hydrolysis) is 1. The third kappa shape index (κ3) is 8.43. The summed E-state index contributed by atoms with van der Waals surface area (Å²) in [5.41, 5.74) is -0.841. The topological polar surface area (TPSA) is 47.6 Å². The van der Waals surface area contributed by atoms with Crippen molar-refractivity contribution in [3.63, 3.8) is 0 Å². The van der Waals surface area contributed by atoms with Crippen LogP contribution >= 0.6 is 12.0 Å². The molecule has 0 aliphatic heterocycles. The molecule has 0 bridgehead atoms. The molecule has 0 saturated heterocycles. The lowest BCUT2D eigenvalue weighted by molar-refractivity contribution is -0.138. The SMILES string of the molecule is CCC(COSC)Cc1cccc(C(F)(F)F)c1CNC(=O)OC(C)(C)C. The molecule has 1 amide bonds. The van der Waals surface area contributed by atoms with E-state index in [0.29, 0.717) is 18.6 Å². The van der Waals surface area contributed by atoms with Gasteiger partial charge in [-0.25, -0.2) is 4.79 Å². The number of hydrogen-bond acceptors (Lipinski definition) is 4. The van der Waals surface area contributed by atoms with E-state index in [2.05, 4.69) is 5.32 Å². The number of halogens is 3. The highest BCUT2D eigenvalue weighted by atomic mass is 32.2. The van der Waals surface area contributed by atoms with Crippen molar-refractivity contribution in [2.24, 2.45) is 5.92 Å². The van der Waals surface area contributed by atoms with Gasteiger partial charge in [0.15, 0.2) is 0 Å². The van der Waals surface area contributed by atoms with Gasteiger partial charge in [-0.2, -0.15) is 13.2 Å². The van der Waals surface area contributed by atoms with Crippen LogP contribution in [0.1, 0.15) is 50.8 Å². The Morgan fingerprint density at radius 3 is 2.44 bits per heavy atom. The normalized spacial score (nSPS) is 13.3. The van der Waals surface area contributed by atoms with Crippen LogP contribution in [0.3, 0.4) is 0 Å². The predicted octanol–water partition coefficient (Wildman–Crippen LogP) is 5.59. The third-order valence-corrected chi connectivity index (χ3v) is 4.27. The van der Waals surface area contributed by atoms with Crippen LogP contribution in [0.25, 0.3) is 0 Å². The third-order valence-electron chi connectivity index (χ3n) is 3.89. The van der Waals surface area contributed by atoms with Gasteiger partial charge < -0.3 is 14.2 Å². The molecule has 8 heteroatoms. The Morgan fingerprint density at radius 1 is 1.26 bits per heavy atom. The minimum atomic E-state index is -4.50. The number of rotatable bonds is 8. The van der Waals surface area contributed by atoms with Crippen LogP contribution in [0.4, 0.5) is 18.0 Å². The summed E-state index contributed by atoms with van der Waals surface area (Å²) in [5.74, 6) is 0.0845. The number of alkyl halides is 3. The Labute approximate surface area is 163 Å². The Bertz CT molecular complexity index is 615. The minimum absolute atomic E-state index is 0.0680. The van der Waals surface area contributed by atoms with Crippen molar-refractivity contribution in [2.75, 3.05) is 12.9 Å². The maximum absolute atomic E-state index is 13.5. The first-order valence-corrected chi connectivity index (χ1v) is 9.93. The molecule has 1 atom stereocenters. The van der Waals surface area contributed by atoms with Gasteiger partial charge in [0, 0.05) is 12.8 Å². The lowest BCUT2D eigenvalue weighted by atomic mass is 9.91. The number of amides is 1. The summed E-state index contributed by atoms with van der Waals surface area (Å²) >= 11 is 1.23. The smallest absolute Gasteiger partial charge is 0.416 e. The van der Waals surface area contributed by atoms with Gasteiger partial charge in [-0.05, 0) is 62.3 Å². The van der Waals surface area contributed by atoms with Crippen LogP contribution in [-0.4, -0.2) is 24.6 Å². The first-order valence-electron chi connectivity index (χ1n) is 8.78. The molecule has 154 valence electrons. The van der Waals surface area contributed by atoms with Crippen molar-refractivity contribution in [2.45, 2.75) is 58.9 Å². The van der Waals surface area contributed by atoms with Gasteiger partial charge in [0.2, 0.25) is 0 Å². The summed E-state index contributed by atoms with van der Waals surface area (Å²) in [7, 11) is 0. The summed E-state index contributed by atoms with van der Waals surface area (Å²) < 4.78 is 50.9. The van der Waals surface area contributed by atoms with Gasteiger partial charge in [0.25, 0.3) is 0 Å². The van der Waals surface area contributed by atoms with Crippen molar-refractivity contribution in [3.8, 4) is 0 Å². The van der Waals surface area contributed by atoms with Gasteiger partial charge in [0.05, 0.1) is 12.2 Å². The van der Waals surface area contributed by atoms with E-state index in [-0.39, 0.29) is 18.0 Å². The fraction of sp³-hybridized carbons (Fsp3) is 0.632. The van der Waals surface area contributed by atoms with E-state index in [1.807, 2.05) is 6.92 Å². The first kappa shape index (κ1) is 23.6. The molecule has 1 unspecified atom stereocenters. The summed E-state index contributed by atoms with van der Waals surface area (Å²) in [6.45, 7) is 7.25. The highest BCUT2D eigenvalue weighted by molar-refractivity contribution is 7.93. The number of carbonyl (C=O) groups excluding carboxylic acids is 1. The molecule has 27 heavy (non-hydrogen) atoms. The van der Waals surface area contributed by atoms with E-state index < -0.39 is 23.4 Å². The number of hydrogen-bond donors (Lipinski definition) is 1. The van der Waals surface area contributed by atoms with E-state index in [4.69, 9.17) is 8.92 Å². The van der Waals surface area contributed by atoms with E-state index in [0.717, 1.165) is 12.5 Å². The molecule has 0 aliphatic carbocycles. The standard InChI is InChI=1S/C19H28F3NO3S/c1-6-13(12-25-27-5)10-14-8-7-9-16(19(20,21)22)15(14)11-23-17(24)26-18(2,3)4/h7-9,13H,6,10-12H2,1-5H3,(H,23,24). The number of ether oxygens (including phenoxy) is 1. The second kappa shape index (κ2) is 10.2. The lowest BCUT2D eigenvalue weighted by Crippen LogP contribution is -2.33. The van der Waals surface area contributed by atoms with Crippen LogP contribution in [0.15, 0.2) is 18.2 Å². The monoisotopic (exact) mass is 407 g/mol. The van der Waals surface area contributed by atoms with Gasteiger partial charge in [-0.1, -0.05) is 25.5 Å². The molecule has 1 aromatic rings. The zero-order chi connectivity index (χ0) is 20.7. The Hall–Kier alpha value is -1.41. The Morgan fingerprint density at radius 2 is 1.93 bits per heavy atom. The van der Waals surface area contributed by atoms with Crippen molar-refractivity contribution in [1.82, 2.24) is 5.32 Å². The molecule has 0 fully saturated rings. The van der Waals surface area contributed by atoms with E-state index in [1.165, 1.54) is 18.1 Å². The van der Waals surface area contributed by atoms with E-state index in [9.17, 15) is 18.0 Å². The van der Waals surface area contributed by atoms with Crippen LogP contribution in [0.5, 0.6) is 0 Å². The van der Waals surface area contributed by atoms with E-state index in [1.54, 1.807) is 33.1 Å². The maximum Gasteiger partial charge on any atom is 0.416 e. The highest BCUT2D eigenvalue weighted by Gasteiger charge is 2.34. The number of benzene rings is 1. The molecule has 0 aromatic heterocycles. The first-order chi connectivity index (χ1) is 12.5. The van der Waals surface area contributed by atoms with Crippen molar-refractivity contribution in [1.29, 1.82) is 0 Å². The maximum atomic E-state index is 13.5. The Kier molecular flexibility index (Phi) is 8.94. The zero-order valence-corrected chi connectivity index (χ0v) is 17.2. The molecule has 1 rings (SSSR count). The second-order valence-electron chi connectivity index (χ2n) is 7.23. The lowest BCUT2D eigenvalue weighted by Gasteiger charge is -2.22. The molecular formula is C19H28F3NO3S. The van der Waals surface area contributed by atoms with Gasteiger partial charge in [-0.15, -0.1) is 0 Å². The molecular weight excluding hydrogens is 379 g/mol. The Balaban J connectivity index is 3.07. The average Bonchev–Trinajstić information content (AvgIpc) is 2.54. The van der Waals surface area contributed by atoms with Gasteiger partial charge in [0.1, 0.15) is 5.60 Å². The van der Waals surface area contributed by atoms with Crippen LogP contribution in [0, 0.1) is 5.92 Å². The van der Waals surface area contributed by atoms with Gasteiger partial charge >= 0.3 is 12.3 Å². The van der Waals surface area contributed by atoms with Crippen LogP contribution < -0.4 is 5.32 Å². The van der Waals surface area contributed by atoms with Gasteiger partial charge in [-0.3, -0.25) is 0 Å². The molecule has 4 nitrogen and oxygen atoms in total. The molecule has 1 aromatic carbocycles. The zero-order valence-electron chi connectivity index (χ0n) is 16.4. The van der Waals surface area contributed by atoms with Crippen LogP contribution in [0.2, 0.25) is 0 Å². The molecule has 0 spiro atoms. The van der Waals surface area contributed by atoms with Crippen molar-refractivity contribution in [3.05, 3.63) is 34.9 Å². The molecule has 0 radical (unpaired) electrons. The van der Waals surface area contributed by atoms with Crippen LogP contribution in [-0.2, 0) is 28.1 Å².